The molecule has 3 N–H and O–H groups in total. The fourth-order valence-corrected chi connectivity index (χ4v) is 1.47. The fourth-order valence-electron chi connectivity index (χ4n) is 1.47. The first-order valence-electron chi connectivity index (χ1n) is 5.36. The molecule has 0 bridgehead atoms. The SMILES string of the molecule is CCCN=C(N)NCCC1CCC1. The Hall–Kier alpha value is -0.730. The van der Waals surface area contributed by atoms with Gasteiger partial charge < -0.3 is 11.1 Å². The minimum atomic E-state index is 0.612. The highest BCUT2D eigenvalue weighted by atomic mass is 15.1. The lowest BCUT2D eigenvalue weighted by atomic mass is 9.83. The molecule has 1 fully saturated rings. The quantitative estimate of drug-likeness (QED) is 0.501. The Balaban J connectivity index is 1.97. The minimum Gasteiger partial charge on any atom is -0.370 e. The third kappa shape index (κ3) is 4.15. The average molecular weight is 183 g/mol. The highest BCUT2D eigenvalue weighted by molar-refractivity contribution is 5.77. The number of aliphatic imine (C=N–C) groups is 1. The Labute approximate surface area is 80.8 Å². The molecule has 0 atom stereocenters. The summed E-state index contributed by atoms with van der Waals surface area (Å²) in [4.78, 5) is 4.17. The topological polar surface area (TPSA) is 50.4 Å². The van der Waals surface area contributed by atoms with E-state index < -0.39 is 0 Å². The maximum atomic E-state index is 5.64. The number of hydrogen-bond donors (Lipinski definition) is 2. The number of guanidine groups is 1. The molecule has 0 radical (unpaired) electrons. The second-order valence-electron chi connectivity index (χ2n) is 3.78. The van der Waals surface area contributed by atoms with Crippen molar-refractivity contribution in [1.82, 2.24) is 5.32 Å². The van der Waals surface area contributed by atoms with Crippen LogP contribution in [0.2, 0.25) is 0 Å². The Bertz CT molecular complexity index is 162. The van der Waals surface area contributed by atoms with Crippen LogP contribution in [0.1, 0.15) is 39.0 Å². The molecular weight excluding hydrogens is 162 g/mol. The van der Waals surface area contributed by atoms with Crippen molar-refractivity contribution in [2.45, 2.75) is 39.0 Å². The first kappa shape index (κ1) is 10.4. The van der Waals surface area contributed by atoms with Crippen LogP contribution in [0.25, 0.3) is 0 Å². The molecule has 0 aliphatic heterocycles. The molecule has 13 heavy (non-hydrogen) atoms. The van der Waals surface area contributed by atoms with Gasteiger partial charge in [0.05, 0.1) is 0 Å². The van der Waals surface area contributed by atoms with Crippen molar-refractivity contribution in [2.24, 2.45) is 16.6 Å². The van der Waals surface area contributed by atoms with Gasteiger partial charge in [0.2, 0.25) is 0 Å². The Morgan fingerprint density at radius 1 is 1.54 bits per heavy atom. The smallest absolute Gasteiger partial charge is 0.188 e. The van der Waals surface area contributed by atoms with E-state index in [0.29, 0.717) is 5.96 Å². The first-order chi connectivity index (χ1) is 6.33. The number of nitrogens with two attached hydrogens (primary N) is 1. The van der Waals surface area contributed by atoms with E-state index in [1.807, 2.05) is 0 Å². The Kier molecular flexibility index (Phi) is 4.65. The van der Waals surface area contributed by atoms with Crippen LogP contribution in [0.15, 0.2) is 4.99 Å². The lowest BCUT2D eigenvalue weighted by molar-refractivity contribution is 0.297. The van der Waals surface area contributed by atoms with Crippen LogP contribution in [0.3, 0.4) is 0 Å². The highest BCUT2D eigenvalue weighted by Crippen LogP contribution is 2.28. The second kappa shape index (κ2) is 5.84. The van der Waals surface area contributed by atoms with Gasteiger partial charge in [-0.25, -0.2) is 0 Å². The predicted octanol–water partition coefficient (Wildman–Crippen LogP) is 1.49. The van der Waals surface area contributed by atoms with Crippen molar-refractivity contribution < 1.29 is 0 Å². The molecule has 0 aromatic heterocycles. The normalized spacial score (nSPS) is 18.4. The fraction of sp³-hybridized carbons (Fsp3) is 0.900. The number of nitrogens with one attached hydrogen (secondary N) is 1. The average Bonchev–Trinajstić information content (AvgIpc) is 2.06. The Morgan fingerprint density at radius 3 is 2.85 bits per heavy atom. The zero-order chi connectivity index (χ0) is 9.52. The summed E-state index contributed by atoms with van der Waals surface area (Å²) in [6, 6.07) is 0. The third-order valence-electron chi connectivity index (χ3n) is 2.59. The third-order valence-corrected chi connectivity index (χ3v) is 2.59. The van der Waals surface area contributed by atoms with Crippen molar-refractivity contribution in [3.63, 3.8) is 0 Å². The maximum absolute atomic E-state index is 5.64. The zero-order valence-corrected chi connectivity index (χ0v) is 8.55. The monoisotopic (exact) mass is 183 g/mol. The van der Waals surface area contributed by atoms with Gasteiger partial charge in [0.15, 0.2) is 5.96 Å². The highest BCUT2D eigenvalue weighted by Gasteiger charge is 2.16. The van der Waals surface area contributed by atoms with Crippen molar-refractivity contribution in [3.05, 3.63) is 0 Å². The molecule has 0 aromatic carbocycles. The van der Waals surface area contributed by atoms with Gasteiger partial charge >= 0.3 is 0 Å². The van der Waals surface area contributed by atoms with Crippen LogP contribution in [0, 0.1) is 5.92 Å². The number of rotatable bonds is 5. The van der Waals surface area contributed by atoms with Gasteiger partial charge in [-0.05, 0) is 18.8 Å². The molecule has 1 aliphatic carbocycles. The molecule has 1 aliphatic rings. The van der Waals surface area contributed by atoms with E-state index in [4.69, 9.17) is 5.73 Å². The van der Waals surface area contributed by atoms with Crippen LogP contribution in [0.4, 0.5) is 0 Å². The molecule has 3 nitrogen and oxygen atoms in total. The molecule has 1 rings (SSSR count). The molecule has 76 valence electrons. The summed E-state index contributed by atoms with van der Waals surface area (Å²) in [7, 11) is 0. The van der Waals surface area contributed by atoms with Crippen LogP contribution in [-0.4, -0.2) is 19.0 Å². The van der Waals surface area contributed by atoms with E-state index in [1.165, 1.54) is 25.7 Å². The molecule has 0 spiro atoms. The molecular formula is C10H21N3. The van der Waals surface area contributed by atoms with Gasteiger partial charge in [-0.3, -0.25) is 4.99 Å². The van der Waals surface area contributed by atoms with E-state index in [2.05, 4.69) is 17.2 Å². The predicted molar refractivity (Wildman–Crippen MR) is 56.7 cm³/mol. The van der Waals surface area contributed by atoms with Gasteiger partial charge in [0.1, 0.15) is 0 Å². The molecule has 0 unspecified atom stereocenters. The van der Waals surface area contributed by atoms with Gasteiger partial charge in [0.25, 0.3) is 0 Å². The van der Waals surface area contributed by atoms with Crippen molar-refractivity contribution >= 4 is 5.96 Å². The first-order valence-corrected chi connectivity index (χ1v) is 5.36. The van der Waals surface area contributed by atoms with E-state index in [-0.39, 0.29) is 0 Å². The zero-order valence-electron chi connectivity index (χ0n) is 8.55. The number of hydrogen-bond acceptors (Lipinski definition) is 1. The van der Waals surface area contributed by atoms with Crippen molar-refractivity contribution in [1.29, 1.82) is 0 Å². The lowest BCUT2D eigenvalue weighted by Gasteiger charge is -2.25. The van der Waals surface area contributed by atoms with E-state index >= 15 is 0 Å². The largest absolute Gasteiger partial charge is 0.370 e. The summed E-state index contributed by atoms with van der Waals surface area (Å²) >= 11 is 0. The summed E-state index contributed by atoms with van der Waals surface area (Å²) in [5, 5.41) is 3.14. The molecule has 1 saturated carbocycles. The maximum Gasteiger partial charge on any atom is 0.188 e. The summed E-state index contributed by atoms with van der Waals surface area (Å²) in [6.07, 6.45) is 6.55. The summed E-state index contributed by atoms with van der Waals surface area (Å²) in [5.41, 5.74) is 5.64. The molecule has 0 saturated heterocycles. The standard InChI is InChI=1S/C10H21N3/c1-2-7-12-10(11)13-8-6-9-4-3-5-9/h9H,2-8H2,1H3,(H3,11,12,13). The van der Waals surface area contributed by atoms with E-state index in [9.17, 15) is 0 Å². The minimum absolute atomic E-state index is 0.612. The van der Waals surface area contributed by atoms with Gasteiger partial charge in [0, 0.05) is 13.1 Å². The van der Waals surface area contributed by atoms with Crippen LogP contribution in [-0.2, 0) is 0 Å². The van der Waals surface area contributed by atoms with Crippen LogP contribution in [0.5, 0.6) is 0 Å². The second-order valence-corrected chi connectivity index (χ2v) is 3.78. The van der Waals surface area contributed by atoms with Crippen molar-refractivity contribution in [2.75, 3.05) is 13.1 Å². The molecule has 0 heterocycles. The summed E-state index contributed by atoms with van der Waals surface area (Å²) < 4.78 is 0. The van der Waals surface area contributed by atoms with Crippen LogP contribution >= 0.6 is 0 Å². The number of nitrogens with zero attached hydrogens (tertiary/aromatic N) is 1. The Morgan fingerprint density at radius 2 is 2.31 bits per heavy atom. The molecule has 3 heteroatoms. The summed E-state index contributed by atoms with van der Waals surface area (Å²) in [5.74, 6) is 1.56. The van der Waals surface area contributed by atoms with Crippen molar-refractivity contribution in [3.8, 4) is 0 Å². The van der Waals surface area contributed by atoms with Gasteiger partial charge in [-0.1, -0.05) is 26.2 Å². The lowest BCUT2D eigenvalue weighted by Crippen LogP contribution is -2.34. The van der Waals surface area contributed by atoms with E-state index in [1.54, 1.807) is 0 Å². The summed E-state index contributed by atoms with van der Waals surface area (Å²) in [6.45, 7) is 3.93. The van der Waals surface area contributed by atoms with Gasteiger partial charge in [-0.2, -0.15) is 0 Å². The van der Waals surface area contributed by atoms with E-state index in [0.717, 1.165) is 25.4 Å². The molecule has 0 aromatic rings. The van der Waals surface area contributed by atoms with Crippen LogP contribution < -0.4 is 11.1 Å². The molecule has 0 amide bonds. The van der Waals surface area contributed by atoms with Gasteiger partial charge in [-0.15, -0.1) is 0 Å².